The average Bonchev–Trinajstić information content (AvgIpc) is 4.32. The van der Waals surface area contributed by atoms with Crippen LogP contribution in [-0.2, 0) is 0 Å². The van der Waals surface area contributed by atoms with E-state index in [1.807, 2.05) is 48.5 Å². The predicted octanol–water partition coefficient (Wildman–Crippen LogP) is 18.0. The summed E-state index contributed by atoms with van der Waals surface area (Å²) in [5.74, 6) is 8.30. The van der Waals surface area contributed by atoms with Gasteiger partial charge in [-0.2, -0.15) is 0 Å². The standard InChI is InChI=1S/C66H56Br2O4/c1-37-62-63(37)66(62)32-30-43(31-33-66)40-4-8-42(9-5-40)48-19-27-54-50(35-48)21-29-58(72-65(70)46-16-24-52(68)25-17-46)61(54)60-53-26-18-47(34-49(53)20-28-57(60)71-64(69)45-14-22-51(67)23-15-45)41-6-2-38(3-7-41)39-10-12-44(13-11-39)59-55-36-56(55)59/h2-9,14-29,34-35,37,39,43-44,55-56,59,62-63H,10-13,30-33,36H2,1H3. The number of esters is 2. The van der Waals surface area contributed by atoms with E-state index in [1.54, 1.807) is 24.3 Å². The van der Waals surface area contributed by atoms with Crippen LogP contribution in [0.4, 0.5) is 0 Å². The molecule has 1 spiro atoms. The van der Waals surface area contributed by atoms with Crippen molar-refractivity contribution in [3.05, 3.63) is 189 Å². The summed E-state index contributed by atoms with van der Waals surface area (Å²) in [6, 6.07) is 53.7. The zero-order valence-electron chi connectivity index (χ0n) is 40.5. The molecule has 6 saturated carbocycles. The molecule has 0 aromatic heterocycles. The maximum absolute atomic E-state index is 14.1. The molecule has 6 fully saturated rings. The second-order valence-electron chi connectivity index (χ2n) is 22.5. The zero-order valence-corrected chi connectivity index (χ0v) is 43.6. The van der Waals surface area contributed by atoms with Crippen LogP contribution in [0.15, 0.2) is 167 Å². The van der Waals surface area contributed by atoms with Crippen molar-refractivity contribution in [2.75, 3.05) is 0 Å². The molecule has 0 saturated heterocycles. The molecule has 72 heavy (non-hydrogen) atoms. The molecule has 0 amide bonds. The van der Waals surface area contributed by atoms with E-state index >= 15 is 0 Å². The Hall–Kier alpha value is -5.82. The minimum Gasteiger partial charge on any atom is -0.422 e. The monoisotopic (exact) mass is 1070 g/mol. The van der Waals surface area contributed by atoms with Gasteiger partial charge in [-0.25, -0.2) is 9.59 Å². The summed E-state index contributed by atoms with van der Waals surface area (Å²) in [4.78, 5) is 28.2. The second kappa shape index (κ2) is 17.4. The molecule has 0 heterocycles. The molecule has 8 aromatic rings. The zero-order chi connectivity index (χ0) is 48.4. The molecular formula is C66H56Br2O4. The summed E-state index contributed by atoms with van der Waals surface area (Å²) >= 11 is 7.02. The fraction of sp³-hybridized carbons (Fsp3) is 0.303. The first-order valence-corrected chi connectivity index (χ1v) is 28.1. The minimum atomic E-state index is -0.483. The molecule has 0 bridgehead atoms. The van der Waals surface area contributed by atoms with E-state index in [9.17, 15) is 9.59 Å². The van der Waals surface area contributed by atoms with E-state index in [0.29, 0.717) is 51.0 Å². The second-order valence-corrected chi connectivity index (χ2v) is 24.3. The number of rotatable bonds is 10. The molecule has 8 aromatic carbocycles. The number of hydrogen-bond donors (Lipinski definition) is 0. The lowest BCUT2D eigenvalue weighted by atomic mass is 9.70. The predicted molar refractivity (Wildman–Crippen MR) is 296 cm³/mol. The van der Waals surface area contributed by atoms with Gasteiger partial charge in [0.05, 0.1) is 11.1 Å². The van der Waals surface area contributed by atoms with Gasteiger partial charge >= 0.3 is 11.9 Å². The lowest BCUT2D eigenvalue weighted by Gasteiger charge is -2.34. The highest BCUT2D eigenvalue weighted by molar-refractivity contribution is 9.10. The smallest absolute Gasteiger partial charge is 0.343 e. The van der Waals surface area contributed by atoms with Crippen LogP contribution in [0.2, 0.25) is 0 Å². The molecule has 4 nitrogen and oxygen atoms in total. The Morgan fingerprint density at radius 2 is 0.917 bits per heavy atom. The van der Waals surface area contributed by atoms with Crippen molar-refractivity contribution in [3.63, 3.8) is 0 Å². The first-order valence-electron chi connectivity index (χ1n) is 26.5. The molecule has 6 aliphatic carbocycles. The first kappa shape index (κ1) is 44.8. The van der Waals surface area contributed by atoms with Crippen LogP contribution in [0.5, 0.6) is 11.5 Å². The fourth-order valence-corrected chi connectivity index (χ4v) is 15.0. The van der Waals surface area contributed by atoms with Crippen molar-refractivity contribution < 1.29 is 19.1 Å². The van der Waals surface area contributed by atoms with E-state index in [2.05, 4.69) is 124 Å². The quantitative estimate of drug-likeness (QED) is 0.101. The van der Waals surface area contributed by atoms with Crippen molar-refractivity contribution in [2.45, 2.75) is 76.5 Å². The molecule has 6 aliphatic rings. The Balaban J connectivity index is 0.834. The van der Waals surface area contributed by atoms with Crippen molar-refractivity contribution in [1.82, 2.24) is 0 Å². The van der Waals surface area contributed by atoms with Gasteiger partial charge in [0.25, 0.3) is 0 Å². The highest BCUT2D eigenvalue weighted by Gasteiger charge is 2.80. The van der Waals surface area contributed by atoms with Crippen LogP contribution < -0.4 is 9.47 Å². The van der Waals surface area contributed by atoms with Gasteiger partial charge in [-0.3, -0.25) is 0 Å². The Morgan fingerprint density at radius 3 is 1.33 bits per heavy atom. The number of benzene rings is 8. The van der Waals surface area contributed by atoms with Crippen LogP contribution in [0.25, 0.3) is 54.9 Å². The van der Waals surface area contributed by atoms with E-state index in [4.69, 9.17) is 9.47 Å². The maximum atomic E-state index is 14.1. The summed E-state index contributed by atoms with van der Waals surface area (Å²) in [6.45, 7) is 2.44. The number of halogens is 2. The van der Waals surface area contributed by atoms with Gasteiger partial charge in [-0.05, 0) is 244 Å². The molecule has 14 rings (SSSR count). The fourth-order valence-electron chi connectivity index (χ4n) is 14.5. The summed E-state index contributed by atoms with van der Waals surface area (Å²) < 4.78 is 14.6. The summed E-state index contributed by atoms with van der Waals surface area (Å²) in [5.41, 5.74) is 10.3. The molecule has 0 N–H and O–H groups in total. The topological polar surface area (TPSA) is 52.6 Å². The lowest BCUT2D eigenvalue weighted by molar-refractivity contribution is 0.0723. The van der Waals surface area contributed by atoms with Gasteiger partial charge in [0.1, 0.15) is 11.5 Å². The van der Waals surface area contributed by atoms with E-state index < -0.39 is 11.9 Å². The van der Waals surface area contributed by atoms with Gasteiger partial charge in [0.2, 0.25) is 0 Å². The first-order chi connectivity index (χ1) is 35.2. The number of carbonyl (C=O) groups excluding carboxylic acids is 2. The third kappa shape index (κ3) is 7.89. The Labute approximate surface area is 438 Å². The third-order valence-corrected chi connectivity index (χ3v) is 19.8. The normalized spacial score (nSPS) is 27.5. The highest BCUT2D eigenvalue weighted by Crippen LogP contribution is 2.85. The van der Waals surface area contributed by atoms with E-state index in [0.717, 1.165) is 94.2 Å². The van der Waals surface area contributed by atoms with Gasteiger partial charge in [-0.1, -0.05) is 124 Å². The molecule has 4 unspecified atom stereocenters. The minimum absolute atomic E-state index is 0.371. The Kier molecular flexibility index (Phi) is 10.8. The van der Waals surface area contributed by atoms with Crippen molar-refractivity contribution in [3.8, 4) is 44.9 Å². The van der Waals surface area contributed by atoms with Gasteiger partial charge < -0.3 is 9.47 Å². The van der Waals surface area contributed by atoms with Gasteiger partial charge in [0, 0.05) is 20.1 Å². The van der Waals surface area contributed by atoms with Crippen molar-refractivity contribution >= 4 is 65.3 Å². The van der Waals surface area contributed by atoms with Crippen molar-refractivity contribution in [1.29, 1.82) is 0 Å². The largest absolute Gasteiger partial charge is 0.422 e. The number of ether oxygens (including phenoxy) is 2. The molecule has 0 radical (unpaired) electrons. The highest BCUT2D eigenvalue weighted by atomic mass is 79.9. The van der Waals surface area contributed by atoms with Crippen LogP contribution in [0.3, 0.4) is 0 Å². The van der Waals surface area contributed by atoms with Crippen molar-refractivity contribution in [2.24, 2.45) is 46.8 Å². The van der Waals surface area contributed by atoms with Gasteiger partial charge in [0.15, 0.2) is 0 Å². The summed E-state index contributed by atoms with van der Waals surface area (Å²) in [6.07, 6.45) is 12.3. The number of fused-ring (bicyclic) bond motifs is 6. The van der Waals surface area contributed by atoms with Crippen LogP contribution in [0, 0.1) is 46.8 Å². The average molecular weight is 1070 g/mol. The van der Waals surface area contributed by atoms with E-state index in [-0.39, 0.29) is 0 Å². The molecule has 358 valence electrons. The number of hydrogen-bond acceptors (Lipinski definition) is 4. The van der Waals surface area contributed by atoms with E-state index in [1.165, 1.54) is 68.9 Å². The Morgan fingerprint density at radius 1 is 0.486 bits per heavy atom. The lowest BCUT2D eigenvalue weighted by Crippen LogP contribution is -2.23. The SMILES string of the molecule is CC1C2C1C21CCC(c2ccc(-c3ccc4c(-c5c(OC(=O)c6ccc(Br)cc6)ccc6cc(-c7ccc(C8CCC(C9C%10CC%109)CC8)cc7)ccc56)c(OC(=O)c5ccc(Br)cc5)ccc4c3)cc2)CC1. The number of carbonyl (C=O) groups is 2. The van der Waals surface area contributed by atoms with Crippen LogP contribution >= 0.6 is 31.9 Å². The third-order valence-electron chi connectivity index (χ3n) is 18.8. The molecular weight excluding hydrogens is 1020 g/mol. The summed E-state index contributed by atoms with van der Waals surface area (Å²) in [7, 11) is 0. The molecule has 4 atom stereocenters. The molecule has 6 heteroatoms. The Bertz CT molecular complexity index is 3430. The molecule has 0 aliphatic heterocycles. The summed E-state index contributed by atoms with van der Waals surface area (Å²) in [5, 5.41) is 3.69. The maximum Gasteiger partial charge on any atom is 0.343 e. The van der Waals surface area contributed by atoms with Crippen LogP contribution in [-0.4, -0.2) is 11.9 Å². The van der Waals surface area contributed by atoms with Gasteiger partial charge in [-0.15, -0.1) is 0 Å². The van der Waals surface area contributed by atoms with Crippen LogP contribution in [0.1, 0.15) is 108 Å².